The highest BCUT2D eigenvalue weighted by molar-refractivity contribution is 5.79. The number of benzene rings is 2. The zero-order chi connectivity index (χ0) is 20.8. The average molecular weight is 402 g/mol. The number of imidazole rings is 1. The molecule has 0 radical (unpaired) electrons. The lowest BCUT2D eigenvalue weighted by Gasteiger charge is -2.05. The molecule has 0 fully saturated rings. The highest BCUT2D eigenvalue weighted by Crippen LogP contribution is 2.26. The first-order valence-corrected chi connectivity index (χ1v) is 9.33. The average Bonchev–Trinajstić information content (AvgIpc) is 3.32. The Morgan fingerprint density at radius 3 is 2.43 bits per heavy atom. The van der Waals surface area contributed by atoms with E-state index in [-0.39, 0.29) is 0 Å². The summed E-state index contributed by atoms with van der Waals surface area (Å²) in [6.07, 6.45) is 0. The summed E-state index contributed by atoms with van der Waals surface area (Å²) in [5.41, 5.74) is 1.62. The number of hydrogen-bond donors (Lipinski definition) is 1. The van der Waals surface area contributed by atoms with Crippen molar-refractivity contribution in [1.82, 2.24) is 28.7 Å². The van der Waals surface area contributed by atoms with E-state index >= 15 is 0 Å². The molecule has 0 aliphatic carbocycles. The fraction of sp³-hybridized carbons (Fsp3) is 0.143. The fourth-order valence-electron chi connectivity index (χ4n) is 3.68. The van der Waals surface area contributed by atoms with Crippen LogP contribution in [-0.2, 0) is 13.6 Å². The van der Waals surface area contributed by atoms with Crippen molar-refractivity contribution >= 4 is 16.9 Å². The Balaban J connectivity index is 1.85. The molecule has 1 N–H and O–H groups in total. The van der Waals surface area contributed by atoms with E-state index in [1.165, 1.54) is 4.57 Å². The van der Waals surface area contributed by atoms with Gasteiger partial charge in [-0.05, 0) is 29.8 Å². The Hall–Kier alpha value is -4.14. The van der Waals surface area contributed by atoms with Crippen LogP contribution in [-0.4, -0.2) is 35.8 Å². The van der Waals surface area contributed by atoms with Crippen molar-refractivity contribution in [2.45, 2.75) is 6.54 Å². The number of methoxy groups -OCH3 is 1. The van der Waals surface area contributed by atoms with Gasteiger partial charge in [0.1, 0.15) is 5.75 Å². The second-order valence-electron chi connectivity index (χ2n) is 6.95. The summed E-state index contributed by atoms with van der Waals surface area (Å²) in [5, 5.41) is 8.72. The minimum Gasteiger partial charge on any atom is -0.497 e. The van der Waals surface area contributed by atoms with Gasteiger partial charge in [0.25, 0.3) is 5.56 Å². The number of aromatic nitrogens is 6. The molecule has 0 saturated heterocycles. The zero-order valence-electron chi connectivity index (χ0n) is 16.4. The van der Waals surface area contributed by atoms with Gasteiger partial charge in [-0.25, -0.2) is 9.20 Å². The van der Waals surface area contributed by atoms with Gasteiger partial charge in [0.05, 0.1) is 13.7 Å². The van der Waals surface area contributed by atoms with Crippen LogP contribution in [0.4, 0.5) is 0 Å². The summed E-state index contributed by atoms with van der Waals surface area (Å²) in [7, 11) is 3.22. The molecule has 0 amide bonds. The van der Waals surface area contributed by atoms with Gasteiger partial charge in [-0.15, -0.1) is 10.2 Å². The molecule has 5 aromatic rings. The smallest absolute Gasteiger partial charge is 0.329 e. The number of aromatic amines is 1. The minimum atomic E-state index is -0.499. The number of hydrogen-bond acceptors (Lipinski definition) is 5. The van der Waals surface area contributed by atoms with Gasteiger partial charge in [0.2, 0.25) is 5.78 Å². The maximum atomic E-state index is 12.8. The van der Waals surface area contributed by atoms with Gasteiger partial charge in [-0.3, -0.25) is 18.9 Å². The maximum Gasteiger partial charge on any atom is 0.329 e. The molecular formula is C21H18N6O3. The third kappa shape index (κ3) is 2.63. The van der Waals surface area contributed by atoms with Crippen LogP contribution in [0.25, 0.3) is 28.3 Å². The molecule has 0 aliphatic rings. The van der Waals surface area contributed by atoms with Crippen LogP contribution in [0.1, 0.15) is 5.56 Å². The van der Waals surface area contributed by atoms with Crippen molar-refractivity contribution in [2.24, 2.45) is 7.05 Å². The summed E-state index contributed by atoms with van der Waals surface area (Å²) in [4.78, 5) is 27.5. The van der Waals surface area contributed by atoms with Gasteiger partial charge >= 0.3 is 5.69 Å². The summed E-state index contributed by atoms with van der Waals surface area (Å²) in [6, 6.07) is 17.1. The Kier molecular flexibility index (Phi) is 4.02. The van der Waals surface area contributed by atoms with Gasteiger partial charge in [0, 0.05) is 12.6 Å². The standard InChI is InChI=1S/C21H18N6O3/c1-25-19-16(18(28)22-21(25)29)26(12-13-6-4-3-5-7-13)20-24-23-17(27(19)20)14-8-10-15(30-2)11-9-14/h3-11H,12H2,1-2H3,(H,22,28,29). The van der Waals surface area contributed by atoms with E-state index in [4.69, 9.17) is 4.74 Å². The largest absolute Gasteiger partial charge is 0.497 e. The van der Waals surface area contributed by atoms with E-state index in [0.29, 0.717) is 29.3 Å². The monoisotopic (exact) mass is 402 g/mol. The number of H-pyrrole nitrogens is 1. The molecule has 5 rings (SSSR count). The van der Waals surface area contributed by atoms with Crippen LogP contribution in [0.5, 0.6) is 5.75 Å². The molecule has 9 heteroatoms. The second kappa shape index (κ2) is 6.73. The topological polar surface area (TPSA) is 99.2 Å². The molecule has 3 aromatic heterocycles. The van der Waals surface area contributed by atoms with Crippen molar-refractivity contribution in [2.75, 3.05) is 7.11 Å². The predicted octanol–water partition coefficient (Wildman–Crippen LogP) is 1.79. The lowest BCUT2D eigenvalue weighted by molar-refractivity contribution is 0.415. The summed E-state index contributed by atoms with van der Waals surface area (Å²) in [5.74, 6) is 1.73. The minimum absolute atomic E-state index is 0.362. The molecular weight excluding hydrogens is 384 g/mol. The molecule has 0 aliphatic heterocycles. The molecule has 0 bridgehead atoms. The quantitative estimate of drug-likeness (QED) is 0.494. The lowest BCUT2D eigenvalue weighted by atomic mass is 10.2. The number of fused-ring (bicyclic) bond motifs is 3. The van der Waals surface area contributed by atoms with Crippen LogP contribution < -0.4 is 16.0 Å². The van der Waals surface area contributed by atoms with E-state index < -0.39 is 11.2 Å². The Bertz CT molecular complexity index is 1490. The zero-order valence-corrected chi connectivity index (χ0v) is 16.4. The molecule has 30 heavy (non-hydrogen) atoms. The first-order valence-electron chi connectivity index (χ1n) is 9.33. The van der Waals surface area contributed by atoms with Crippen LogP contribution in [0.15, 0.2) is 64.2 Å². The van der Waals surface area contributed by atoms with E-state index in [1.54, 1.807) is 23.1 Å². The first-order chi connectivity index (χ1) is 14.6. The first kappa shape index (κ1) is 17.9. The van der Waals surface area contributed by atoms with Crippen LogP contribution >= 0.6 is 0 Å². The van der Waals surface area contributed by atoms with Gasteiger partial charge in [-0.1, -0.05) is 30.3 Å². The summed E-state index contributed by atoms with van der Waals surface area (Å²) >= 11 is 0. The van der Waals surface area contributed by atoms with Gasteiger partial charge < -0.3 is 4.74 Å². The molecule has 0 saturated carbocycles. The Morgan fingerprint density at radius 1 is 1.00 bits per heavy atom. The second-order valence-corrected chi connectivity index (χ2v) is 6.95. The van der Waals surface area contributed by atoms with Crippen LogP contribution in [0.2, 0.25) is 0 Å². The number of aryl methyl sites for hydroxylation is 1. The molecule has 3 heterocycles. The highest BCUT2D eigenvalue weighted by atomic mass is 16.5. The molecule has 2 aromatic carbocycles. The van der Waals surface area contributed by atoms with Crippen molar-refractivity contribution < 1.29 is 4.74 Å². The molecule has 9 nitrogen and oxygen atoms in total. The van der Waals surface area contributed by atoms with E-state index in [2.05, 4.69) is 15.2 Å². The van der Waals surface area contributed by atoms with Crippen molar-refractivity contribution in [3.05, 3.63) is 81.0 Å². The van der Waals surface area contributed by atoms with Crippen LogP contribution in [0.3, 0.4) is 0 Å². The fourth-order valence-corrected chi connectivity index (χ4v) is 3.68. The SMILES string of the molecule is COc1ccc(-c2nnc3n(Cc4ccccc4)c4c(=O)[nH]c(=O)n(C)c4n23)cc1. The number of rotatable bonds is 4. The number of nitrogens with one attached hydrogen (secondary N) is 1. The number of nitrogens with zero attached hydrogens (tertiary/aromatic N) is 5. The third-order valence-electron chi connectivity index (χ3n) is 5.17. The normalized spacial score (nSPS) is 11.4. The van der Waals surface area contributed by atoms with E-state index in [0.717, 1.165) is 16.9 Å². The van der Waals surface area contributed by atoms with Crippen molar-refractivity contribution in [3.63, 3.8) is 0 Å². The Labute approximate surface area is 169 Å². The number of ether oxygens (including phenoxy) is 1. The van der Waals surface area contributed by atoms with E-state index in [1.807, 2.05) is 54.6 Å². The summed E-state index contributed by atoms with van der Waals surface area (Å²) in [6.45, 7) is 0.413. The van der Waals surface area contributed by atoms with Crippen molar-refractivity contribution in [3.8, 4) is 17.1 Å². The third-order valence-corrected chi connectivity index (χ3v) is 5.17. The molecule has 0 atom stereocenters. The lowest BCUT2D eigenvalue weighted by Crippen LogP contribution is -2.29. The summed E-state index contributed by atoms with van der Waals surface area (Å²) < 4.78 is 10.2. The Morgan fingerprint density at radius 2 is 1.73 bits per heavy atom. The molecule has 150 valence electrons. The maximum absolute atomic E-state index is 12.8. The molecule has 0 spiro atoms. The molecule has 0 unspecified atom stereocenters. The predicted molar refractivity (Wildman–Crippen MR) is 112 cm³/mol. The van der Waals surface area contributed by atoms with Crippen molar-refractivity contribution in [1.29, 1.82) is 0 Å². The van der Waals surface area contributed by atoms with Gasteiger partial charge in [-0.2, -0.15) is 0 Å². The van der Waals surface area contributed by atoms with E-state index in [9.17, 15) is 9.59 Å². The highest BCUT2D eigenvalue weighted by Gasteiger charge is 2.23. The van der Waals surface area contributed by atoms with Crippen LogP contribution in [0, 0.1) is 0 Å². The van der Waals surface area contributed by atoms with Gasteiger partial charge in [0.15, 0.2) is 17.0 Å².